The summed E-state index contributed by atoms with van der Waals surface area (Å²) in [7, 11) is -2.23. The second-order valence-corrected chi connectivity index (χ2v) is 9.88. The number of methoxy groups -OCH3 is 1. The van der Waals surface area contributed by atoms with E-state index in [-0.39, 0.29) is 23.7 Å². The number of ether oxygens (including phenoxy) is 2. The van der Waals surface area contributed by atoms with E-state index in [9.17, 15) is 21.6 Å². The Hall–Kier alpha value is -3.90. The van der Waals surface area contributed by atoms with E-state index in [1.807, 2.05) is 6.92 Å². The Morgan fingerprint density at radius 1 is 1.00 bits per heavy atom. The third-order valence-corrected chi connectivity index (χ3v) is 6.80. The first kappa shape index (κ1) is 26.2. The number of benzene rings is 3. The molecule has 0 saturated carbocycles. The molecule has 0 aliphatic carbocycles. The molecule has 1 heterocycles. The first-order chi connectivity index (χ1) is 17.5. The van der Waals surface area contributed by atoms with Gasteiger partial charge in [-0.3, -0.25) is 0 Å². The number of hydrogen-bond acceptors (Lipinski definition) is 6. The molecular formula is C25H23F3N4O4S. The normalized spacial score (nSPS) is 11.9. The molecule has 0 radical (unpaired) electrons. The van der Waals surface area contributed by atoms with E-state index >= 15 is 0 Å². The maximum Gasteiger partial charge on any atom is 0.416 e. The van der Waals surface area contributed by atoms with Crippen molar-refractivity contribution in [3.63, 3.8) is 0 Å². The van der Waals surface area contributed by atoms with Crippen LogP contribution >= 0.6 is 0 Å². The van der Waals surface area contributed by atoms with Crippen molar-refractivity contribution < 1.29 is 31.1 Å². The van der Waals surface area contributed by atoms with Crippen LogP contribution in [0.5, 0.6) is 11.5 Å². The van der Waals surface area contributed by atoms with Gasteiger partial charge in [-0.2, -0.15) is 13.2 Å². The Kier molecular flexibility index (Phi) is 7.50. The van der Waals surface area contributed by atoms with Gasteiger partial charge in [0.1, 0.15) is 12.3 Å². The molecule has 0 aliphatic heterocycles. The highest BCUT2D eigenvalue weighted by Crippen LogP contribution is 2.31. The molecule has 0 spiro atoms. The minimum absolute atomic E-state index is 0.0191. The molecule has 8 nitrogen and oxygen atoms in total. The molecule has 0 saturated heterocycles. The fourth-order valence-corrected chi connectivity index (χ4v) is 4.41. The van der Waals surface area contributed by atoms with E-state index in [0.717, 1.165) is 17.7 Å². The largest absolute Gasteiger partial charge is 0.493 e. The molecule has 4 aromatic rings. The summed E-state index contributed by atoms with van der Waals surface area (Å²) < 4.78 is 78.9. The van der Waals surface area contributed by atoms with Crippen molar-refractivity contribution in [2.24, 2.45) is 0 Å². The zero-order valence-corrected chi connectivity index (χ0v) is 20.7. The third-order valence-electron chi connectivity index (χ3n) is 5.38. The van der Waals surface area contributed by atoms with Gasteiger partial charge in [-0.05, 0) is 55.0 Å². The molecule has 0 bridgehead atoms. The lowest BCUT2D eigenvalue weighted by Crippen LogP contribution is -2.23. The summed E-state index contributed by atoms with van der Waals surface area (Å²) >= 11 is 0. The Bertz CT molecular complexity index is 1490. The molecule has 0 aliphatic rings. The average molecular weight is 533 g/mol. The number of aryl methyl sites for hydroxylation is 1. The first-order valence-electron chi connectivity index (χ1n) is 11.0. The molecule has 0 unspecified atom stereocenters. The Morgan fingerprint density at radius 3 is 2.46 bits per heavy atom. The quantitative estimate of drug-likeness (QED) is 0.337. The van der Waals surface area contributed by atoms with Crippen LogP contribution in [0.1, 0.15) is 22.4 Å². The highest BCUT2D eigenvalue weighted by Gasteiger charge is 2.30. The smallest absolute Gasteiger partial charge is 0.416 e. The minimum atomic E-state index is -4.47. The number of nitrogens with zero attached hydrogens (tertiary/aromatic N) is 3. The highest BCUT2D eigenvalue weighted by molar-refractivity contribution is 7.89. The van der Waals surface area contributed by atoms with Crippen molar-refractivity contribution in [2.75, 3.05) is 7.11 Å². The van der Waals surface area contributed by atoms with E-state index < -0.39 is 21.8 Å². The molecule has 194 valence electrons. The number of alkyl halides is 3. The van der Waals surface area contributed by atoms with Gasteiger partial charge in [0.05, 0.1) is 29.5 Å². The van der Waals surface area contributed by atoms with E-state index in [1.54, 1.807) is 42.5 Å². The molecule has 1 aromatic heterocycles. The van der Waals surface area contributed by atoms with Crippen LogP contribution in [-0.2, 0) is 29.4 Å². The van der Waals surface area contributed by atoms with Crippen LogP contribution in [0.2, 0.25) is 0 Å². The molecule has 0 amide bonds. The average Bonchev–Trinajstić information content (AvgIpc) is 3.35. The number of hydrogen-bond donors (Lipinski definition) is 1. The van der Waals surface area contributed by atoms with Gasteiger partial charge in [0, 0.05) is 6.54 Å². The molecule has 4 rings (SSSR count). The zero-order valence-electron chi connectivity index (χ0n) is 19.9. The van der Waals surface area contributed by atoms with Crippen LogP contribution in [0.3, 0.4) is 0 Å². The molecule has 3 aromatic carbocycles. The first-order valence-corrected chi connectivity index (χ1v) is 12.5. The molecule has 1 N–H and O–H groups in total. The summed E-state index contributed by atoms with van der Waals surface area (Å²) in [4.78, 5) is 0.170. The topological polar surface area (TPSA) is 95.3 Å². The van der Waals surface area contributed by atoms with Crippen LogP contribution in [0.15, 0.2) is 77.8 Å². The maximum absolute atomic E-state index is 13.0. The van der Waals surface area contributed by atoms with Crippen molar-refractivity contribution in [3.05, 3.63) is 95.3 Å². The van der Waals surface area contributed by atoms with Crippen molar-refractivity contribution in [3.8, 4) is 17.2 Å². The maximum atomic E-state index is 13.0. The van der Waals surface area contributed by atoms with Gasteiger partial charge in [-0.15, -0.1) is 5.10 Å². The minimum Gasteiger partial charge on any atom is -0.493 e. The van der Waals surface area contributed by atoms with Gasteiger partial charge >= 0.3 is 6.18 Å². The van der Waals surface area contributed by atoms with E-state index in [4.69, 9.17) is 9.47 Å². The van der Waals surface area contributed by atoms with Crippen LogP contribution in [0.4, 0.5) is 13.2 Å². The van der Waals surface area contributed by atoms with Crippen LogP contribution in [-0.4, -0.2) is 30.5 Å². The van der Waals surface area contributed by atoms with Crippen LogP contribution in [0, 0.1) is 6.92 Å². The second kappa shape index (κ2) is 10.6. The van der Waals surface area contributed by atoms with Crippen molar-refractivity contribution >= 4 is 10.0 Å². The second-order valence-electron chi connectivity index (χ2n) is 8.11. The van der Waals surface area contributed by atoms with E-state index in [2.05, 4.69) is 15.0 Å². The third kappa shape index (κ3) is 6.46. The van der Waals surface area contributed by atoms with Crippen LogP contribution in [0.25, 0.3) is 5.69 Å². The van der Waals surface area contributed by atoms with Crippen molar-refractivity contribution in [1.82, 2.24) is 19.7 Å². The lowest BCUT2D eigenvalue weighted by molar-refractivity contribution is -0.137. The van der Waals surface area contributed by atoms with Gasteiger partial charge in [0.25, 0.3) is 0 Å². The van der Waals surface area contributed by atoms with Gasteiger partial charge < -0.3 is 9.47 Å². The Labute approximate surface area is 211 Å². The lowest BCUT2D eigenvalue weighted by atomic mass is 10.2. The zero-order chi connectivity index (χ0) is 26.6. The van der Waals surface area contributed by atoms with E-state index in [0.29, 0.717) is 22.8 Å². The summed E-state index contributed by atoms with van der Waals surface area (Å²) in [6, 6.07) is 16.2. The van der Waals surface area contributed by atoms with Gasteiger partial charge in [-0.25, -0.2) is 17.8 Å². The summed E-state index contributed by atoms with van der Waals surface area (Å²) in [6.45, 7) is 1.89. The fourth-order valence-electron chi connectivity index (χ4n) is 3.39. The van der Waals surface area contributed by atoms with Gasteiger partial charge in [-0.1, -0.05) is 35.0 Å². The SMILES string of the molecule is COc1cc(CNS(=O)(=O)c2ccc(C)cc2)ccc1OCc1cn(-c2cccc(C(F)(F)F)c2)nn1. The van der Waals surface area contributed by atoms with Crippen LogP contribution < -0.4 is 14.2 Å². The summed E-state index contributed by atoms with van der Waals surface area (Å²) in [6.07, 6.45) is -3.00. The summed E-state index contributed by atoms with van der Waals surface area (Å²) in [5.41, 5.74) is 1.41. The van der Waals surface area contributed by atoms with Crippen molar-refractivity contribution in [2.45, 2.75) is 31.1 Å². The molecule has 0 fully saturated rings. The fraction of sp³-hybridized carbons (Fsp3) is 0.200. The number of aromatic nitrogens is 3. The molecular weight excluding hydrogens is 509 g/mol. The van der Waals surface area contributed by atoms with Crippen molar-refractivity contribution in [1.29, 1.82) is 0 Å². The Morgan fingerprint density at radius 2 is 1.76 bits per heavy atom. The number of rotatable bonds is 9. The lowest BCUT2D eigenvalue weighted by Gasteiger charge is -2.12. The highest BCUT2D eigenvalue weighted by atomic mass is 32.2. The standard InChI is InChI=1S/C25H23F3N4O4S/c1-17-6-9-22(10-7-17)37(33,34)29-14-18-8-11-23(24(12-18)35-2)36-16-20-15-32(31-30-20)21-5-3-4-19(13-21)25(26,27)28/h3-13,15,29H,14,16H2,1-2H3. The number of sulfonamides is 1. The molecule has 12 heteroatoms. The van der Waals surface area contributed by atoms with Gasteiger partial charge in [0.15, 0.2) is 11.5 Å². The Balaban J connectivity index is 1.40. The molecule has 37 heavy (non-hydrogen) atoms. The molecule has 0 atom stereocenters. The predicted molar refractivity (Wildman–Crippen MR) is 129 cm³/mol. The summed E-state index contributed by atoms with van der Waals surface area (Å²) in [5.74, 6) is 0.749. The summed E-state index contributed by atoms with van der Waals surface area (Å²) in [5, 5.41) is 7.83. The predicted octanol–water partition coefficient (Wildman–Crippen LogP) is 4.66. The monoisotopic (exact) mass is 532 g/mol. The number of nitrogens with one attached hydrogen (secondary N) is 1. The van der Waals surface area contributed by atoms with E-state index in [1.165, 1.54) is 30.1 Å². The number of halogens is 3. The van der Waals surface area contributed by atoms with Gasteiger partial charge in [0.2, 0.25) is 10.0 Å².